The number of nitriles is 1. The van der Waals surface area contributed by atoms with E-state index in [1.807, 2.05) is 48.5 Å². The molecule has 0 spiro atoms. The van der Waals surface area contributed by atoms with Crippen LogP contribution < -0.4 is 0 Å². The molecule has 3 aromatic rings. The smallest absolute Gasteiger partial charge is 0.303 e. The van der Waals surface area contributed by atoms with Gasteiger partial charge in [0.1, 0.15) is 11.8 Å². The summed E-state index contributed by atoms with van der Waals surface area (Å²) in [5, 5.41) is 30.2. The summed E-state index contributed by atoms with van der Waals surface area (Å²) in [6.07, 6.45) is -0.282. The Labute approximate surface area is 155 Å². The molecule has 0 unspecified atom stereocenters. The van der Waals surface area contributed by atoms with Crippen LogP contribution >= 0.6 is 0 Å². The molecule has 0 bridgehead atoms. The summed E-state index contributed by atoms with van der Waals surface area (Å²) in [5.41, 5.74) is 1.09. The highest BCUT2D eigenvalue weighted by molar-refractivity contribution is 5.98. The number of Topliss-reactive ketones (excluding diaryl/α,β-unsaturated/α-hetero) is 1. The largest absolute Gasteiger partial charge is 0.504 e. The van der Waals surface area contributed by atoms with Gasteiger partial charge >= 0.3 is 5.97 Å². The van der Waals surface area contributed by atoms with Crippen molar-refractivity contribution in [1.29, 1.82) is 5.26 Å². The molecule has 0 amide bonds. The monoisotopic (exact) mass is 360 g/mol. The molecule has 0 aliphatic carbocycles. The van der Waals surface area contributed by atoms with Crippen LogP contribution in [0.25, 0.3) is 10.8 Å². The zero-order valence-corrected chi connectivity index (χ0v) is 14.3. The maximum Gasteiger partial charge on any atom is 0.303 e. The second-order valence-corrected chi connectivity index (χ2v) is 6.15. The predicted molar refractivity (Wildman–Crippen MR) is 98.6 cm³/mol. The molecular formula is C21H16N2O4. The molecular weight excluding hydrogens is 344 g/mol. The van der Waals surface area contributed by atoms with Gasteiger partial charge in [0, 0.05) is 18.5 Å². The molecule has 0 radical (unpaired) electrons. The fraction of sp³-hybridized carbons (Fsp3) is 0.143. The van der Waals surface area contributed by atoms with Gasteiger partial charge in [-0.1, -0.05) is 42.5 Å². The Hall–Kier alpha value is -3.72. The average molecular weight is 360 g/mol. The van der Waals surface area contributed by atoms with Gasteiger partial charge in [-0.05, 0) is 22.4 Å². The number of benzene rings is 2. The van der Waals surface area contributed by atoms with Crippen LogP contribution in [0.5, 0.6) is 5.75 Å². The van der Waals surface area contributed by atoms with E-state index in [9.17, 15) is 20.0 Å². The van der Waals surface area contributed by atoms with Gasteiger partial charge < -0.3 is 10.2 Å². The van der Waals surface area contributed by atoms with Crippen LogP contribution in [0.1, 0.15) is 40.2 Å². The van der Waals surface area contributed by atoms with Crippen LogP contribution in [0.4, 0.5) is 0 Å². The number of aromatic hydroxyl groups is 1. The molecule has 6 nitrogen and oxygen atoms in total. The summed E-state index contributed by atoms with van der Waals surface area (Å²) in [7, 11) is 0. The zero-order chi connectivity index (χ0) is 19.4. The van der Waals surface area contributed by atoms with E-state index in [0.29, 0.717) is 12.1 Å². The van der Waals surface area contributed by atoms with Gasteiger partial charge in [0.2, 0.25) is 0 Å². The van der Waals surface area contributed by atoms with Crippen LogP contribution in [0.3, 0.4) is 0 Å². The van der Waals surface area contributed by atoms with E-state index in [0.717, 1.165) is 16.3 Å². The molecule has 0 saturated heterocycles. The van der Waals surface area contributed by atoms with E-state index in [1.54, 1.807) is 0 Å². The van der Waals surface area contributed by atoms with E-state index in [2.05, 4.69) is 4.98 Å². The molecule has 0 aliphatic rings. The second kappa shape index (κ2) is 7.67. The summed E-state index contributed by atoms with van der Waals surface area (Å²) >= 11 is 0. The first kappa shape index (κ1) is 18.1. The summed E-state index contributed by atoms with van der Waals surface area (Å²) in [5.74, 6) is -2.22. The summed E-state index contributed by atoms with van der Waals surface area (Å²) in [6, 6.07) is 17.1. The summed E-state index contributed by atoms with van der Waals surface area (Å²) in [6.45, 7) is 0. The number of fused-ring (bicyclic) bond motifs is 1. The van der Waals surface area contributed by atoms with Gasteiger partial charge in [0.05, 0.1) is 12.0 Å². The lowest BCUT2D eigenvalue weighted by Crippen LogP contribution is -2.09. The van der Waals surface area contributed by atoms with Crippen molar-refractivity contribution < 1.29 is 19.8 Å². The van der Waals surface area contributed by atoms with Gasteiger partial charge in [0.15, 0.2) is 11.5 Å². The SMILES string of the molecule is N#Cc1cc(Cc2ccc3ccccc3c2)nc(C(=O)CCC(=O)O)c1O. The maximum absolute atomic E-state index is 12.2. The lowest BCUT2D eigenvalue weighted by atomic mass is 10.0. The number of aromatic nitrogens is 1. The summed E-state index contributed by atoms with van der Waals surface area (Å²) in [4.78, 5) is 27.1. The number of nitrogens with zero attached hydrogens (tertiary/aromatic N) is 2. The minimum atomic E-state index is -1.12. The number of hydrogen-bond acceptors (Lipinski definition) is 5. The van der Waals surface area contributed by atoms with Gasteiger partial charge in [-0.2, -0.15) is 5.26 Å². The minimum Gasteiger partial charge on any atom is -0.504 e. The summed E-state index contributed by atoms with van der Waals surface area (Å²) < 4.78 is 0. The number of rotatable bonds is 6. The Kier molecular flexibility index (Phi) is 5.13. The third kappa shape index (κ3) is 4.10. The molecule has 1 aromatic heterocycles. The molecule has 0 atom stereocenters. The lowest BCUT2D eigenvalue weighted by molar-refractivity contribution is -0.136. The normalized spacial score (nSPS) is 10.5. The predicted octanol–water partition coefficient (Wildman–Crippen LogP) is 3.45. The number of aliphatic carboxylic acids is 1. The highest BCUT2D eigenvalue weighted by atomic mass is 16.4. The third-order valence-corrected chi connectivity index (χ3v) is 4.20. The Balaban J connectivity index is 1.94. The first-order valence-electron chi connectivity index (χ1n) is 8.33. The lowest BCUT2D eigenvalue weighted by Gasteiger charge is -2.09. The van der Waals surface area contributed by atoms with Gasteiger partial charge in [-0.15, -0.1) is 0 Å². The number of carbonyl (C=O) groups excluding carboxylic acids is 1. The Morgan fingerprint density at radius 3 is 2.48 bits per heavy atom. The van der Waals surface area contributed by atoms with E-state index >= 15 is 0 Å². The molecule has 1 heterocycles. The van der Waals surface area contributed by atoms with Gasteiger partial charge in [0.25, 0.3) is 0 Å². The molecule has 6 heteroatoms. The van der Waals surface area contributed by atoms with Gasteiger partial charge in [-0.25, -0.2) is 4.98 Å². The van der Waals surface area contributed by atoms with Crippen molar-refractivity contribution in [1.82, 2.24) is 4.98 Å². The highest BCUT2D eigenvalue weighted by Gasteiger charge is 2.19. The van der Waals surface area contributed by atoms with E-state index < -0.39 is 17.5 Å². The average Bonchev–Trinajstić information content (AvgIpc) is 2.67. The first-order valence-corrected chi connectivity index (χ1v) is 8.33. The number of pyridine rings is 1. The van der Waals surface area contributed by atoms with Crippen molar-refractivity contribution in [3.63, 3.8) is 0 Å². The topological polar surface area (TPSA) is 111 Å². The minimum absolute atomic E-state index is 0.0561. The van der Waals surface area contributed by atoms with E-state index in [4.69, 9.17) is 5.11 Å². The quantitative estimate of drug-likeness (QED) is 0.651. The van der Waals surface area contributed by atoms with Crippen LogP contribution in [-0.2, 0) is 11.2 Å². The molecule has 2 N–H and O–H groups in total. The fourth-order valence-electron chi connectivity index (χ4n) is 2.86. The fourth-order valence-corrected chi connectivity index (χ4v) is 2.86. The highest BCUT2D eigenvalue weighted by Crippen LogP contribution is 2.25. The zero-order valence-electron chi connectivity index (χ0n) is 14.3. The molecule has 27 heavy (non-hydrogen) atoms. The van der Waals surface area contributed by atoms with Crippen molar-refractivity contribution in [3.05, 3.63) is 71.0 Å². The number of carboxylic acid groups (broad SMARTS) is 1. The number of hydrogen-bond donors (Lipinski definition) is 2. The molecule has 134 valence electrons. The van der Waals surface area contributed by atoms with Crippen LogP contribution in [0.2, 0.25) is 0 Å². The van der Waals surface area contributed by atoms with Crippen molar-refractivity contribution >= 4 is 22.5 Å². The van der Waals surface area contributed by atoms with E-state index in [-0.39, 0.29) is 24.1 Å². The van der Waals surface area contributed by atoms with Crippen LogP contribution in [0, 0.1) is 11.3 Å². The number of carboxylic acids is 1. The Bertz CT molecular complexity index is 1080. The van der Waals surface area contributed by atoms with Crippen molar-refractivity contribution in [2.75, 3.05) is 0 Å². The van der Waals surface area contributed by atoms with Gasteiger partial charge in [-0.3, -0.25) is 9.59 Å². The maximum atomic E-state index is 12.2. The molecule has 0 aliphatic heterocycles. The molecule has 0 fully saturated rings. The number of carbonyl (C=O) groups is 2. The molecule has 0 saturated carbocycles. The standard InChI is InChI=1S/C21H16N2O4/c22-12-16-11-17(23-20(21(16)27)18(24)7-8-19(25)26)10-13-5-6-14-3-1-2-4-15(14)9-13/h1-6,9,11,27H,7-8,10H2,(H,25,26). The van der Waals surface area contributed by atoms with Crippen LogP contribution in [-0.4, -0.2) is 26.9 Å². The molecule has 2 aromatic carbocycles. The first-order chi connectivity index (χ1) is 13.0. The Morgan fingerprint density at radius 1 is 1.04 bits per heavy atom. The Morgan fingerprint density at radius 2 is 1.78 bits per heavy atom. The molecule has 3 rings (SSSR count). The van der Waals surface area contributed by atoms with E-state index in [1.165, 1.54) is 6.07 Å². The third-order valence-electron chi connectivity index (χ3n) is 4.20. The van der Waals surface area contributed by atoms with Crippen molar-refractivity contribution in [2.45, 2.75) is 19.3 Å². The van der Waals surface area contributed by atoms with Crippen molar-refractivity contribution in [2.24, 2.45) is 0 Å². The van der Waals surface area contributed by atoms with Crippen molar-refractivity contribution in [3.8, 4) is 11.8 Å². The number of ketones is 1. The van der Waals surface area contributed by atoms with Crippen LogP contribution in [0.15, 0.2) is 48.5 Å². The second-order valence-electron chi connectivity index (χ2n) is 6.15.